The molecule has 2 aromatic carbocycles. The van der Waals surface area contributed by atoms with E-state index in [0.29, 0.717) is 0 Å². The average molecular weight is 343 g/mol. The zero-order valence-corrected chi connectivity index (χ0v) is 15.4. The van der Waals surface area contributed by atoms with Gasteiger partial charge in [0, 0.05) is 6.54 Å². The van der Waals surface area contributed by atoms with Crippen LogP contribution in [-0.2, 0) is 6.42 Å². The molecular weight excluding hydrogens is 318 g/mol. The Labute approximate surface area is 148 Å². The van der Waals surface area contributed by atoms with Crippen LogP contribution >= 0.6 is 0 Å². The number of aryl methyl sites for hydroxylation is 1. The monoisotopic (exact) mass is 343 g/mol. The molecule has 1 atom stereocenters. The van der Waals surface area contributed by atoms with E-state index < -0.39 is 0 Å². The Hall–Kier alpha value is -2.40. The number of ether oxygens (including phenoxy) is 4. The van der Waals surface area contributed by atoms with E-state index in [9.17, 15) is 0 Å². The molecule has 1 unspecified atom stereocenters. The third-order valence-electron chi connectivity index (χ3n) is 4.78. The van der Waals surface area contributed by atoms with Gasteiger partial charge in [-0.25, -0.2) is 0 Å². The quantitative estimate of drug-likeness (QED) is 0.903. The van der Waals surface area contributed by atoms with Gasteiger partial charge in [0.25, 0.3) is 0 Å². The third kappa shape index (κ3) is 3.12. The molecule has 1 N–H and O–H groups in total. The van der Waals surface area contributed by atoms with Crippen molar-refractivity contribution in [2.75, 3.05) is 35.0 Å². The highest BCUT2D eigenvalue weighted by Crippen LogP contribution is 2.40. The van der Waals surface area contributed by atoms with Crippen LogP contribution in [0.2, 0.25) is 0 Å². The summed E-state index contributed by atoms with van der Waals surface area (Å²) in [6.45, 7) is 2.99. The zero-order valence-electron chi connectivity index (χ0n) is 15.4. The molecule has 1 heterocycles. The van der Waals surface area contributed by atoms with E-state index >= 15 is 0 Å². The average Bonchev–Trinajstić information content (AvgIpc) is 2.66. The largest absolute Gasteiger partial charge is 0.493 e. The van der Waals surface area contributed by atoms with Crippen LogP contribution in [0.3, 0.4) is 0 Å². The van der Waals surface area contributed by atoms with Crippen molar-refractivity contribution >= 4 is 0 Å². The molecule has 134 valence electrons. The summed E-state index contributed by atoms with van der Waals surface area (Å²) in [6, 6.07) is 8.30. The highest BCUT2D eigenvalue weighted by Gasteiger charge is 2.26. The summed E-state index contributed by atoms with van der Waals surface area (Å²) in [7, 11) is 6.65. The van der Waals surface area contributed by atoms with Gasteiger partial charge in [-0.05, 0) is 59.9 Å². The molecule has 2 aromatic rings. The number of hydrogen-bond donors (Lipinski definition) is 1. The van der Waals surface area contributed by atoms with Crippen molar-refractivity contribution in [1.82, 2.24) is 5.32 Å². The van der Waals surface area contributed by atoms with Crippen LogP contribution in [0.5, 0.6) is 23.0 Å². The van der Waals surface area contributed by atoms with Crippen LogP contribution in [0.1, 0.15) is 28.3 Å². The molecule has 0 saturated carbocycles. The van der Waals surface area contributed by atoms with Gasteiger partial charge in [0.15, 0.2) is 23.0 Å². The van der Waals surface area contributed by atoms with E-state index in [4.69, 9.17) is 18.9 Å². The number of rotatable bonds is 5. The van der Waals surface area contributed by atoms with Crippen molar-refractivity contribution in [1.29, 1.82) is 0 Å². The molecule has 1 aliphatic rings. The van der Waals surface area contributed by atoms with Gasteiger partial charge in [0.1, 0.15) is 0 Å². The van der Waals surface area contributed by atoms with E-state index in [1.807, 2.05) is 6.07 Å². The Morgan fingerprint density at radius 2 is 1.28 bits per heavy atom. The molecule has 0 saturated heterocycles. The summed E-state index contributed by atoms with van der Waals surface area (Å²) in [4.78, 5) is 0. The Balaban J connectivity index is 2.12. The Kier molecular flexibility index (Phi) is 5.04. The molecule has 1 aliphatic heterocycles. The number of methoxy groups -OCH3 is 4. The minimum absolute atomic E-state index is 0.0726. The molecule has 0 aromatic heterocycles. The van der Waals surface area contributed by atoms with E-state index in [0.717, 1.165) is 41.5 Å². The van der Waals surface area contributed by atoms with E-state index in [1.54, 1.807) is 28.4 Å². The van der Waals surface area contributed by atoms with Gasteiger partial charge in [-0.15, -0.1) is 0 Å². The lowest BCUT2D eigenvalue weighted by Gasteiger charge is -2.30. The maximum absolute atomic E-state index is 5.50. The van der Waals surface area contributed by atoms with Gasteiger partial charge in [0.05, 0.1) is 34.5 Å². The third-order valence-corrected chi connectivity index (χ3v) is 4.78. The maximum atomic E-state index is 5.50. The molecule has 5 nitrogen and oxygen atoms in total. The standard InChI is InChI=1S/C20H25NO4/c1-12-8-16(22-2)18(24-4)10-14(12)20-15-11-19(25-5)17(23-3)9-13(15)6-7-21-20/h8-11,20-21H,6-7H2,1-5H3. The molecule has 0 bridgehead atoms. The first-order chi connectivity index (χ1) is 12.1. The van der Waals surface area contributed by atoms with Crippen molar-refractivity contribution in [3.8, 4) is 23.0 Å². The minimum atomic E-state index is 0.0726. The van der Waals surface area contributed by atoms with Crippen LogP contribution in [0.25, 0.3) is 0 Å². The molecule has 3 rings (SSSR count). The SMILES string of the molecule is COc1cc(C)c(C2NCCc3cc(OC)c(OC)cc32)cc1OC. The Morgan fingerprint density at radius 3 is 1.88 bits per heavy atom. The summed E-state index contributed by atoms with van der Waals surface area (Å²) in [5.41, 5.74) is 4.80. The lowest BCUT2D eigenvalue weighted by Crippen LogP contribution is -2.31. The molecule has 5 heteroatoms. The lowest BCUT2D eigenvalue weighted by atomic mass is 9.87. The van der Waals surface area contributed by atoms with Crippen LogP contribution in [-0.4, -0.2) is 35.0 Å². The summed E-state index contributed by atoms with van der Waals surface area (Å²) in [5.74, 6) is 2.99. The number of benzene rings is 2. The molecule has 0 radical (unpaired) electrons. The van der Waals surface area contributed by atoms with Crippen LogP contribution < -0.4 is 24.3 Å². The highest BCUT2D eigenvalue weighted by atomic mass is 16.5. The predicted octanol–water partition coefficient (Wildman–Crippen LogP) is 3.26. The summed E-state index contributed by atoms with van der Waals surface area (Å²) < 4.78 is 21.9. The highest BCUT2D eigenvalue weighted by molar-refractivity contribution is 5.55. The van der Waals surface area contributed by atoms with Crippen LogP contribution in [0.15, 0.2) is 24.3 Å². The fourth-order valence-electron chi connectivity index (χ4n) is 3.47. The molecule has 0 spiro atoms. The number of nitrogens with one attached hydrogen (secondary N) is 1. The van der Waals surface area contributed by atoms with Gasteiger partial charge in [0.2, 0.25) is 0 Å². The van der Waals surface area contributed by atoms with Gasteiger partial charge >= 0.3 is 0 Å². The second-order valence-electron chi connectivity index (χ2n) is 6.11. The van der Waals surface area contributed by atoms with Crippen LogP contribution in [0.4, 0.5) is 0 Å². The molecule has 25 heavy (non-hydrogen) atoms. The smallest absolute Gasteiger partial charge is 0.161 e. The molecular formula is C20H25NO4. The van der Waals surface area contributed by atoms with Crippen LogP contribution in [0, 0.1) is 6.92 Å². The fourth-order valence-corrected chi connectivity index (χ4v) is 3.47. The first-order valence-corrected chi connectivity index (χ1v) is 8.33. The van der Waals surface area contributed by atoms with Gasteiger partial charge in [-0.3, -0.25) is 0 Å². The molecule has 0 fully saturated rings. The Bertz CT molecular complexity index is 773. The Morgan fingerprint density at radius 1 is 0.760 bits per heavy atom. The topological polar surface area (TPSA) is 49.0 Å². The normalized spacial score (nSPS) is 16.1. The van der Waals surface area contributed by atoms with Crippen molar-refractivity contribution in [2.24, 2.45) is 0 Å². The van der Waals surface area contributed by atoms with Gasteiger partial charge in [-0.2, -0.15) is 0 Å². The number of hydrogen-bond acceptors (Lipinski definition) is 5. The maximum Gasteiger partial charge on any atom is 0.161 e. The van der Waals surface area contributed by atoms with E-state index in [-0.39, 0.29) is 6.04 Å². The van der Waals surface area contributed by atoms with E-state index in [2.05, 4.69) is 30.4 Å². The lowest BCUT2D eigenvalue weighted by molar-refractivity contribution is 0.351. The first kappa shape index (κ1) is 17.4. The molecule has 0 aliphatic carbocycles. The second-order valence-corrected chi connectivity index (χ2v) is 6.11. The predicted molar refractivity (Wildman–Crippen MR) is 97.4 cm³/mol. The summed E-state index contributed by atoms with van der Waals surface area (Å²) in [5, 5.41) is 3.62. The van der Waals surface area contributed by atoms with Crippen molar-refractivity contribution in [3.63, 3.8) is 0 Å². The second kappa shape index (κ2) is 7.23. The fraction of sp³-hybridized carbons (Fsp3) is 0.400. The summed E-state index contributed by atoms with van der Waals surface area (Å²) in [6.07, 6.45) is 0.957. The minimum Gasteiger partial charge on any atom is -0.493 e. The van der Waals surface area contributed by atoms with Crippen molar-refractivity contribution in [3.05, 3.63) is 46.5 Å². The van der Waals surface area contributed by atoms with Crippen molar-refractivity contribution < 1.29 is 18.9 Å². The van der Waals surface area contributed by atoms with E-state index in [1.165, 1.54) is 16.7 Å². The van der Waals surface area contributed by atoms with Gasteiger partial charge in [-0.1, -0.05) is 0 Å². The van der Waals surface area contributed by atoms with Gasteiger partial charge < -0.3 is 24.3 Å². The number of fused-ring (bicyclic) bond motifs is 1. The molecule has 0 amide bonds. The summed E-state index contributed by atoms with van der Waals surface area (Å²) >= 11 is 0. The first-order valence-electron chi connectivity index (χ1n) is 8.33. The van der Waals surface area contributed by atoms with Crippen molar-refractivity contribution in [2.45, 2.75) is 19.4 Å². The zero-order chi connectivity index (χ0) is 18.0.